The Hall–Kier alpha value is -1.89. The van der Waals surface area contributed by atoms with Gasteiger partial charge in [-0.15, -0.1) is 0 Å². The maximum Gasteiger partial charge on any atom is 0.224 e. The first kappa shape index (κ1) is 12.2. The van der Waals surface area contributed by atoms with Crippen molar-refractivity contribution in [2.45, 2.75) is 31.7 Å². The van der Waals surface area contributed by atoms with Crippen molar-refractivity contribution in [2.75, 3.05) is 23.8 Å². The number of aromatic nitrogens is 4. The Morgan fingerprint density at radius 1 is 1.42 bits per heavy atom. The number of fused-ring (bicyclic) bond motifs is 1. The minimum Gasteiger partial charge on any atom is -0.396 e. The van der Waals surface area contributed by atoms with E-state index in [9.17, 15) is 5.11 Å². The molecule has 0 saturated carbocycles. The van der Waals surface area contributed by atoms with Gasteiger partial charge in [0.2, 0.25) is 5.95 Å². The van der Waals surface area contributed by atoms with Crippen LogP contribution in [0.1, 0.15) is 25.7 Å². The Kier molecular flexibility index (Phi) is 3.20. The molecule has 1 fully saturated rings. The molecule has 4 N–H and O–H groups in total. The van der Waals surface area contributed by atoms with E-state index in [0.29, 0.717) is 11.7 Å². The van der Waals surface area contributed by atoms with Crippen molar-refractivity contribution in [1.82, 2.24) is 19.9 Å². The number of hydrogen-bond acceptors (Lipinski definition) is 6. The molecule has 0 bridgehead atoms. The Morgan fingerprint density at radius 2 is 2.32 bits per heavy atom. The number of rotatable bonds is 3. The van der Waals surface area contributed by atoms with E-state index in [1.54, 1.807) is 6.33 Å². The van der Waals surface area contributed by atoms with E-state index >= 15 is 0 Å². The lowest BCUT2D eigenvalue weighted by Gasteiger charge is -2.36. The summed E-state index contributed by atoms with van der Waals surface area (Å²) in [5.41, 5.74) is 7.17. The number of hydrogen-bond donors (Lipinski definition) is 3. The van der Waals surface area contributed by atoms with Crippen molar-refractivity contribution >= 4 is 22.9 Å². The fraction of sp³-hybridized carbons (Fsp3) is 0.583. The molecule has 1 aliphatic rings. The zero-order valence-electron chi connectivity index (χ0n) is 10.7. The van der Waals surface area contributed by atoms with Crippen molar-refractivity contribution in [3.63, 3.8) is 0 Å². The molecule has 0 aliphatic carbocycles. The summed E-state index contributed by atoms with van der Waals surface area (Å²) >= 11 is 0. The molecule has 102 valence electrons. The normalized spacial score (nSPS) is 20.1. The number of nitrogens with zero attached hydrogens (tertiary/aromatic N) is 4. The number of piperidine rings is 1. The second-order valence-corrected chi connectivity index (χ2v) is 4.86. The summed E-state index contributed by atoms with van der Waals surface area (Å²) in [6.07, 6.45) is 5.74. The van der Waals surface area contributed by atoms with Gasteiger partial charge in [0, 0.05) is 19.2 Å². The molecule has 7 heteroatoms. The first-order valence-corrected chi connectivity index (χ1v) is 6.63. The molecule has 2 aromatic rings. The standard InChI is InChI=1S/C12H18N6O/c13-12-16-10-9(14-7-15-10)11(17-12)18-5-2-1-3-8(18)4-6-19/h7-8,19H,1-6H2,(H3,13,14,15,16,17). The van der Waals surface area contributed by atoms with E-state index in [2.05, 4.69) is 24.8 Å². The predicted molar refractivity (Wildman–Crippen MR) is 72.8 cm³/mol. The number of imidazole rings is 1. The van der Waals surface area contributed by atoms with E-state index in [1.807, 2.05) is 0 Å². The van der Waals surface area contributed by atoms with E-state index in [1.165, 1.54) is 6.42 Å². The van der Waals surface area contributed by atoms with Crippen LogP contribution in [0, 0.1) is 0 Å². The van der Waals surface area contributed by atoms with Gasteiger partial charge >= 0.3 is 0 Å². The van der Waals surface area contributed by atoms with Crippen LogP contribution in [0.2, 0.25) is 0 Å². The molecule has 19 heavy (non-hydrogen) atoms. The molecule has 1 unspecified atom stereocenters. The Labute approximate surface area is 110 Å². The maximum atomic E-state index is 9.21. The zero-order valence-corrected chi connectivity index (χ0v) is 10.7. The molecular formula is C12H18N6O. The SMILES string of the molecule is Nc1nc(N2CCCCC2CCO)c2[nH]cnc2n1. The molecule has 1 aliphatic heterocycles. The third-order valence-corrected chi connectivity index (χ3v) is 3.65. The minimum absolute atomic E-state index is 0.188. The highest BCUT2D eigenvalue weighted by Gasteiger charge is 2.25. The second kappa shape index (κ2) is 5.00. The van der Waals surface area contributed by atoms with Crippen LogP contribution in [-0.2, 0) is 0 Å². The number of nitrogen functional groups attached to an aromatic ring is 1. The molecule has 0 radical (unpaired) electrons. The van der Waals surface area contributed by atoms with Crippen LogP contribution >= 0.6 is 0 Å². The highest BCUT2D eigenvalue weighted by molar-refractivity contribution is 5.84. The molecule has 3 rings (SSSR count). The summed E-state index contributed by atoms with van der Waals surface area (Å²) < 4.78 is 0. The summed E-state index contributed by atoms with van der Waals surface area (Å²) in [6, 6.07) is 0.305. The van der Waals surface area contributed by atoms with Crippen LogP contribution in [0.3, 0.4) is 0 Å². The first-order valence-electron chi connectivity index (χ1n) is 6.63. The van der Waals surface area contributed by atoms with Crippen molar-refractivity contribution in [3.05, 3.63) is 6.33 Å². The highest BCUT2D eigenvalue weighted by atomic mass is 16.3. The van der Waals surface area contributed by atoms with Gasteiger partial charge in [0.25, 0.3) is 0 Å². The Balaban J connectivity index is 2.03. The number of aliphatic hydroxyl groups is 1. The smallest absolute Gasteiger partial charge is 0.224 e. The zero-order chi connectivity index (χ0) is 13.2. The van der Waals surface area contributed by atoms with Crippen LogP contribution in [0.15, 0.2) is 6.33 Å². The number of nitrogens with two attached hydrogens (primary N) is 1. The fourth-order valence-corrected chi connectivity index (χ4v) is 2.77. The summed E-state index contributed by atoms with van der Waals surface area (Å²) in [5, 5.41) is 9.21. The third-order valence-electron chi connectivity index (χ3n) is 3.65. The summed E-state index contributed by atoms with van der Waals surface area (Å²) in [4.78, 5) is 17.9. The minimum atomic E-state index is 0.188. The van der Waals surface area contributed by atoms with E-state index in [0.717, 1.165) is 37.1 Å². The molecular weight excluding hydrogens is 244 g/mol. The highest BCUT2D eigenvalue weighted by Crippen LogP contribution is 2.29. The average molecular weight is 262 g/mol. The van der Waals surface area contributed by atoms with Crippen LogP contribution < -0.4 is 10.6 Å². The van der Waals surface area contributed by atoms with E-state index < -0.39 is 0 Å². The molecule has 2 aromatic heterocycles. The lowest BCUT2D eigenvalue weighted by molar-refractivity contribution is 0.262. The quantitative estimate of drug-likeness (QED) is 0.751. The molecule has 7 nitrogen and oxygen atoms in total. The van der Waals surface area contributed by atoms with E-state index in [4.69, 9.17) is 5.73 Å². The van der Waals surface area contributed by atoms with Crippen molar-refractivity contribution in [3.8, 4) is 0 Å². The first-order chi connectivity index (χ1) is 9.29. The summed E-state index contributed by atoms with van der Waals surface area (Å²) in [7, 11) is 0. The number of nitrogens with one attached hydrogen (secondary N) is 1. The van der Waals surface area contributed by atoms with Gasteiger partial charge in [-0.2, -0.15) is 9.97 Å². The van der Waals surface area contributed by atoms with Crippen LogP contribution in [-0.4, -0.2) is 44.2 Å². The Morgan fingerprint density at radius 3 is 3.16 bits per heavy atom. The van der Waals surface area contributed by atoms with Gasteiger partial charge in [0.15, 0.2) is 11.5 Å². The lowest BCUT2D eigenvalue weighted by Crippen LogP contribution is -2.41. The Bertz CT molecular complexity index is 566. The van der Waals surface area contributed by atoms with Crippen LogP contribution in [0.25, 0.3) is 11.2 Å². The van der Waals surface area contributed by atoms with Gasteiger partial charge in [-0.05, 0) is 25.7 Å². The molecule has 0 spiro atoms. The molecule has 1 saturated heterocycles. The molecule has 1 atom stereocenters. The predicted octanol–water partition coefficient (Wildman–Crippen LogP) is 0.676. The largest absolute Gasteiger partial charge is 0.396 e. The molecule has 0 aromatic carbocycles. The lowest BCUT2D eigenvalue weighted by atomic mass is 9.99. The van der Waals surface area contributed by atoms with Gasteiger partial charge in [0.1, 0.15) is 5.52 Å². The fourth-order valence-electron chi connectivity index (χ4n) is 2.77. The van der Waals surface area contributed by atoms with Gasteiger partial charge in [-0.3, -0.25) is 0 Å². The van der Waals surface area contributed by atoms with Crippen molar-refractivity contribution in [2.24, 2.45) is 0 Å². The van der Waals surface area contributed by atoms with Crippen LogP contribution in [0.5, 0.6) is 0 Å². The summed E-state index contributed by atoms with van der Waals surface area (Å²) in [5.74, 6) is 1.04. The maximum absolute atomic E-state index is 9.21. The average Bonchev–Trinajstić information content (AvgIpc) is 2.87. The summed E-state index contributed by atoms with van der Waals surface area (Å²) in [6.45, 7) is 1.11. The molecule has 3 heterocycles. The van der Waals surface area contributed by atoms with E-state index in [-0.39, 0.29) is 12.6 Å². The topological polar surface area (TPSA) is 104 Å². The number of aromatic amines is 1. The van der Waals surface area contributed by atoms with Crippen molar-refractivity contribution < 1.29 is 5.11 Å². The number of aliphatic hydroxyl groups excluding tert-OH is 1. The third kappa shape index (κ3) is 2.21. The van der Waals surface area contributed by atoms with Crippen LogP contribution in [0.4, 0.5) is 11.8 Å². The number of H-pyrrole nitrogens is 1. The van der Waals surface area contributed by atoms with Gasteiger partial charge < -0.3 is 20.7 Å². The second-order valence-electron chi connectivity index (χ2n) is 4.86. The van der Waals surface area contributed by atoms with Crippen molar-refractivity contribution in [1.29, 1.82) is 0 Å². The molecule has 0 amide bonds. The number of anilines is 2. The monoisotopic (exact) mass is 262 g/mol. The van der Waals surface area contributed by atoms with Gasteiger partial charge in [-0.25, -0.2) is 4.98 Å². The van der Waals surface area contributed by atoms with Gasteiger partial charge in [0.05, 0.1) is 6.33 Å². The van der Waals surface area contributed by atoms with Gasteiger partial charge in [-0.1, -0.05) is 0 Å².